The Hall–Kier alpha value is -2.28. The fraction of sp³-hybridized carbons (Fsp3) is 0.619. The molecule has 1 saturated heterocycles. The van der Waals surface area contributed by atoms with Gasteiger partial charge in [0.2, 0.25) is 5.82 Å². The van der Waals surface area contributed by atoms with E-state index in [2.05, 4.69) is 42.1 Å². The number of hydrogen-bond acceptors (Lipinski definition) is 5. The van der Waals surface area contributed by atoms with Crippen molar-refractivity contribution < 1.29 is 4.79 Å². The van der Waals surface area contributed by atoms with Crippen molar-refractivity contribution in [1.82, 2.24) is 30.0 Å². The molecule has 2 aromatic rings. The van der Waals surface area contributed by atoms with Crippen molar-refractivity contribution in [2.75, 3.05) is 19.6 Å². The standard InChI is InChI=1S/C21H28N6O/c28-20(23-13-16-4-5-16)19-25-24-18-6-7-21(15-27(18)19)8-11-26(12-9-21)14-17-3-1-2-10-22-17/h1-3,10,16H,4-9,11-15H2,(H,23,28). The number of carbonyl (C=O) groups excluding carboxylic acids is 1. The minimum Gasteiger partial charge on any atom is -0.349 e. The van der Waals surface area contributed by atoms with E-state index in [1.807, 2.05) is 12.3 Å². The first-order chi connectivity index (χ1) is 13.7. The second-order valence-electron chi connectivity index (χ2n) is 8.78. The van der Waals surface area contributed by atoms with E-state index in [1.165, 1.54) is 12.8 Å². The van der Waals surface area contributed by atoms with Crippen LogP contribution in [0.4, 0.5) is 0 Å². The maximum absolute atomic E-state index is 12.6. The Kier molecular flexibility index (Phi) is 4.62. The summed E-state index contributed by atoms with van der Waals surface area (Å²) in [5.74, 6) is 2.08. The maximum Gasteiger partial charge on any atom is 0.289 e. The van der Waals surface area contributed by atoms with Crippen LogP contribution in [0.1, 0.15) is 54.2 Å². The first-order valence-corrected chi connectivity index (χ1v) is 10.5. The fourth-order valence-corrected chi connectivity index (χ4v) is 4.60. The molecular formula is C21H28N6O. The first-order valence-electron chi connectivity index (χ1n) is 10.5. The van der Waals surface area contributed by atoms with Crippen LogP contribution in [0.2, 0.25) is 0 Å². The van der Waals surface area contributed by atoms with Gasteiger partial charge in [0, 0.05) is 32.3 Å². The lowest BCUT2D eigenvalue weighted by molar-refractivity contribution is 0.0612. The summed E-state index contributed by atoms with van der Waals surface area (Å²) >= 11 is 0. The predicted molar refractivity (Wildman–Crippen MR) is 105 cm³/mol. The second kappa shape index (κ2) is 7.28. The van der Waals surface area contributed by atoms with E-state index in [1.54, 1.807) is 0 Å². The zero-order valence-corrected chi connectivity index (χ0v) is 16.3. The highest BCUT2D eigenvalue weighted by atomic mass is 16.2. The van der Waals surface area contributed by atoms with Gasteiger partial charge in [-0.15, -0.1) is 10.2 Å². The Morgan fingerprint density at radius 2 is 2.04 bits per heavy atom. The van der Waals surface area contributed by atoms with Crippen LogP contribution in [0.5, 0.6) is 0 Å². The molecule has 0 aromatic carbocycles. The first kappa shape index (κ1) is 17.8. The molecule has 0 radical (unpaired) electrons. The summed E-state index contributed by atoms with van der Waals surface area (Å²) in [7, 11) is 0. The lowest BCUT2D eigenvalue weighted by Gasteiger charge is -2.44. The minimum atomic E-state index is -0.0599. The molecule has 1 aliphatic carbocycles. The smallest absolute Gasteiger partial charge is 0.289 e. The van der Waals surface area contributed by atoms with E-state index in [0.29, 0.717) is 11.7 Å². The number of amides is 1. The summed E-state index contributed by atoms with van der Waals surface area (Å²) in [6.07, 6.45) is 8.70. The average molecular weight is 380 g/mol. The molecule has 148 valence electrons. The van der Waals surface area contributed by atoms with Gasteiger partial charge < -0.3 is 9.88 Å². The monoisotopic (exact) mass is 380 g/mol. The summed E-state index contributed by atoms with van der Waals surface area (Å²) in [5.41, 5.74) is 1.40. The number of nitrogens with zero attached hydrogens (tertiary/aromatic N) is 5. The number of nitrogens with one attached hydrogen (secondary N) is 1. The highest BCUT2D eigenvalue weighted by Crippen LogP contribution is 2.41. The molecular weight excluding hydrogens is 352 g/mol. The number of hydrogen-bond donors (Lipinski definition) is 1. The van der Waals surface area contributed by atoms with Gasteiger partial charge in [0.05, 0.1) is 5.69 Å². The topological polar surface area (TPSA) is 75.9 Å². The Morgan fingerprint density at radius 1 is 1.18 bits per heavy atom. The van der Waals surface area contributed by atoms with E-state index >= 15 is 0 Å². The van der Waals surface area contributed by atoms with Gasteiger partial charge in [0.25, 0.3) is 5.91 Å². The quantitative estimate of drug-likeness (QED) is 0.859. The number of aromatic nitrogens is 4. The third kappa shape index (κ3) is 3.68. The van der Waals surface area contributed by atoms with E-state index in [-0.39, 0.29) is 11.3 Å². The molecule has 1 amide bonds. The van der Waals surface area contributed by atoms with E-state index < -0.39 is 0 Å². The molecule has 1 spiro atoms. The Bertz CT molecular complexity index is 836. The maximum atomic E-state index is 12.6. The predicted octanol–water partition coefficient (Wildman–Crippen LogP) is 2.04. The van der Waals surface area contributed by atoms with Gasteiger partial charge in [-0.3, -0.25) is 14.7 Å². The van der Waals surface area contributed by atoms with Gasteiger partial charge >= 0.3 is 0 Å². The van der Waals surface area contributed by atoms with Crippen LogP contribution >= 0.6 is 0 Å². The van der Waals surface area contributed by atoms with Crippen LogP contribution in [-0.4, -0.2) is 50.2 Å². The van der Waals surface area contributed by atoms with Crippen molar-refractivity contribution in [2.45, 2.75) is 51.6 Å². The van der Waals surface area contributed by atoms with Gasteiger partial charge in [0.1, 0.15) is 5.82 Å². The van der Waals surface area contributed by atoms with Crippen LogP contribution in [0.25, 0.3) is 0 Å². The number of likely N-dealkylation sites (tertiary alicyclic amines) is 1. The van der Waals surface area contributed by atoms with Gasteiger partial charge in [0.15, 0.2) is 0 Å². The van der Waals surface area contributed by atoms with Gasteiger partial charge in [-0.1, -0.05) is 6.07 Å². The van der Waals surface area contributed by atoms with Crippen molar-refractivity contribution in [1.29, 1.82) is 0 Å². The molecule has 4 heterocycles. The number of fused-ring (bicyclic) bond motifs is 1. The van der Waals surface area contributed by atoms with Crippen molar-refractivity contribution >= 4 is 5.91 Å². The zero-order valence-electron chi connectivity index (χ0n) is 16.3. The average Bonchev–Trinajstić information content (AvgIpc) is 3.47. The summed E-state index contributed by atoms with van der Waals surface area (Å²) in [6, 6.07) is 6.12. The van der Waals surface area contributed by atoms with E-state index in [0.717, 1.165) is 69.9 Å². The molecule has 0 atom stereocenters. The molecule has 7 heteroatoms. The summed E-state index contributed by atoms with van der Waals surface area (Å²) in [4.78, 5) is 19.5. The van der Waals surface area contributed by atoms with Crippen LogP contribution in [0.3, 0.4) is 0 Å². The number of aryl methyl sites for hydroxylation is 1. The molecule has 28 heavy (non-hydrogen) atoms. The Morgan fingerprint density at radius 3 is 2.79 bits per heavy atom. The largest absolute Gasteiger partial charge is 0.349 e. The summed E-state index contributed by atoms with van der Waals surface area (Å²) in [5, 5.41) is 11.6. The van der Waals surface area contributed by atoms with Crippen LogP contribution < -0.4 is 5.32 Å². The molecule has 1 N–H and O–H groups in total. The highest BCUT2D eigenvalue weighted by molar-refractivity contribution is 5.90. The van der Waals surface area contributed by atoms with Crippen LogP contribution in [0, 0.1) is 11.3 Å². The highest BCUT2D eigenvalue weighted by Gasteiger charge is 2.40. The number of piperidine rings is 1. The Balaban J connectivity index is 1.23. The second-order valence-corrected chi connectivity index (χ2v) is 8.78. The number of pyridine rings is 1. The molecule has 2 aromatic heterocycles. The van der Waals surface area contributed by atoms with E-state index in [9.17, 15) is 4.79 Å². The third-order valence-electron chi connectivity index (χ3n) is 6.68. The van der Waals surface area contributed by atoms with Crippen molar-refractivity contribution in [3.05, 3.63) is 41.7 Å². The third-order valence-corrected chi connectivity index (χ3v) is 6.68. The summed E-state index contributed by atoms with van der Waals surface area (Å²) in [6.45, 7) is 4.73. The molecule has 2 fully saturated rings. The van der Waals surface area contributed by atoms with Crippen molar-refractivity contribution in [2.24, 2.45) is 11.3 Å². The minimum absolute atomic E-state index is 0.0599. The lowest BCUT2D eigenvalue weighted by atomic mass is 9.73. The van der Waals surface area contributed by atoms with E-state index in [4.69, 9.17) is 0 Å². The molecule has 1 saturated carbocycles. The molecule has 0 unspecified atom stereocenters. The van der Waals surface area contributed by atoms with Crippen LogP contribution in [-0.2, 0) is 19.5 Å². The van der Waals surface area contributed by atoms with Crippen LogP contribution in [0.15, 0.2) is 24.4 Å². The molecule has 0 bridgehead atoms. The SMILES string of the molecule is O=C(NCC1CC1)c1nnc2n1CC1(CC2)CCN(Cc2ccccn2)CC1. The lowest BCUT2D eigenvalue weighted by Crippen LogP contribution is -2.45. The summed E-state index contributed by atoms with van der Waals surface area (Å²) < 4.78 is 2.10. The van der Waals surface area contributed by atoms with Crippen molar-refractivity contribution in [3.8, 4) is 0 Å². The number of carbonyl (C=O) groups is 1. The van der Waals surface area contributed by atoms with Gasteiger partial charge in [-0.2, -0.15) is 0 Å². The number of rotatable bonds is 5. The van der Waals surface area contributed by atoms with Gasteiger partial charge in [-0.05, 0) is 68.7 Å². The molecule has 5 rings (SSSR count). The normalized spacial score (nSPS) is 21.4. The van der Waals surface area contributed by atoms with Gasteiger partial charge in [-0.25, -0.2) is 0 Å². The fourth-order valence-electron chi connectivity index (χ4n) is 4.60. The molecule has 3 aliphatic rings. The van der Waals surface area contributed by atoms with Crippen molar-refractivity contribution in [3.63, 3.8) is 0 Å². The molecule has 7 nitrogen and oxygen atoms in total. The molecule has 2 aliphatic heterocycles. The zero-order chi connectivity index (χ0) is 19.0. The Labute approximate surface area is 165 Å².